The number of pyridine rings is 1. The fraction of sp³-hybridized carbons (Fsp3) is 0.458. The summed E-state index contributed by atoms with van der Waals surface area (Å²) in [6, 6.07) is 9.93. The van der Waals surface area contributed by atoms with E-state index in [2.05, 4.69) is 45.9 Å². The van der Waals surface area contributed by atoms with Gasteiger partial charge in [-0.15, -0.1) is 0 Å². The summed E-state index contributed by atoms with van der Waals surface area (Å²) in [5.41, 5.74) is 2.59. The van der Waals surface area contributed by atoms with E-state index in [0.29, 0.717) is 11.5 Å². The van der Waals surface area contributed by atoms with Crippen LogP contribution in [-0.2, 0) is 0 Å². The molecule has 0 spiro atoms. The number of rotatable bonds is 4. The minimum atomic E-state index is -0.364. The summed E-state index contributed by atoms with van der Waals surface area (Å²) >= 11 is 0. The van der Waals surface area contributed by atoms with Gasteiger partial charge in [0, 0.05) is 23.7 Å². The monoisotopic (exact) mass is 432 g/mol. The Morgan fingerprint density at radius 2 is 1.97 bits per heavy atom. The first-order valence-corrected chi connectivity index (χ1v) is 11.0. The lowest BCUT2D eigenvalue weighted by Gasteiger charge is -2.39. The zero-order valence-electron chi connectivity index (χ0n) is 18.9. The molecule has 32 heavy (non-hydrogen) atoms. The lowest BCUT2D eigenvalue weighted by molar-refractivity contribution is -0.383. The van der Waals surface area contributed by atoms with E-state index in [9.17, 15) is 10.1 Å². The second kappa shape index (κ2) is 7.12. The smallest absolute Gasteiger partial charge is 0.347 e. The van der Waals surface area contributed by atoms with E-state index in [0.717, 1.165) is 42.4 Å². The predicted octanol–water partition coefficient (Wildman–Crippen LogP) is 5.39. The van der Waals surface area contributed by atoms with Crippen molar-refractivity contribution in [1.29, 1.82) is 0 Å². The van der Waals surface area contributed by atoms with Gasteiger partial charge in [-0.3, -0.25) is 15.1 Å². The van der Waals surface area contributed by atoms with Gasteiger partial charge in [0.15, 0.2) is 0 Å². The Morgan fingerprint density at radius 3 is 2.75 bits per heavy atom. The highest BCUT2D eigenvalue weighted by molar-refractivity contribution is 5.93. The number of aromatic nitrogens is 3. The van der Waals surface area contributed by atoms with Crippen LogP contribution in [0.4, 0.5) is 23.0 Å². The molecular formula is C24H28N6O2. The van der Waals surface area contributed by atoms with E-state index in [1.54, 1.807) is 0 Å². The van der Waals surface area contributed by atoms with Crippen LogP contribution in [0, 0.1) is 27.9 Å². The van der Waals surface area contributed by atoms with Gasteiger partial charge in [0.1, 0.15) is 6.33 Å². The van der Waals surface area contributed by atoms with Crippen LogP contribution >= 0.6 is 0 Å². The molecule has 2 atom stereocenters. The van der Waals surface area contributed by atoms with Gasteiger partial charge in [-0.1, -0.05) is 39.0 Å². The van der Waals surface area contributed by atoms with Crippen molar-refractivity contribution >= 4 is 33.9 Å². The van der Waals surface area contributed by atoms with Crippen LogP contribution in [0.5, 0.6) is 0 Å². The van der Waals surface area contributed by atoms with E-state index in [4.69, 9.17) is 0 Å². The summed E-state index contributed by atoms with van der Waals surface area (Å²) in [6.45, 7) is 9.56. The second-order valence-electron chi connectivity index (χ2n) is 10.4. The second-order valence-corrected chi connectivity index (χ2v) is 10.4. The lowest BCUT2D eigenvalue weighted by Crippen LogP contribution is -2.35. The third kappa shape index (κ3) is 3.53. The predicted molar refractivity (Wildman–Crippen MR) is 125 cm³/mol. The number of fused-ring (bicyclic) bond motifs is 3. The number of nitrogens with zero attached hydrogens (tertiary/aromatic N) is 5. The van der Waals surface area contributed by atoms with Gasteiger partial charge in [0.05, 0.1) is 16.1 Å². The Kier molecular flexibility index (Phi) is 4.58. The quantitative estimate of drug-likeness (QED) is 0.436. The standard InChI is InChI=1S/C24H28N6O2/c1-15-8-9-16-6-5-7-18(19(16)27-15)28-21-20(30(31)32)22(26-14-25-21)29-13-24(4)11-17(29)10-23(2,3)12-24/h5-9,14,17H,10-13H2,1-4H3,(H,25,26,28). The molecule has 3 heterocycles. The molecule has 0 amide bonds. The molecule has 8 nitrogen and oxygen atoms in total. The fourth-order valence-electron chi connectivity index (χ4n) is 6.02. The van der Waals surface area contributed by atoms with Crippen LogP contribution in [0.3, 0.4) is 0 Å². The highest BCUT2D eigenvalue weighted by Crippen LogP contribution is 2.54. The highest BCUT2D eigenvalue weighted by atomic mass is 16.6. The number of aryl methyl sites for hydroxylation is 1. The van der Waals surface area contributed by atoms with Gasteiger partial charge >= 0.3 is 5.69 Å². The van der Waals surface area contributed by atoms with E-state index >= 15 is 0 Å². The number of nitro groups is 1. The van der Waals surface area contributed by atoms with Crippen molar-refractivity contribution in [2.45, 2.75) is 53.0 Å². The van der Waals surface area contributed by atoms with Crippen LogP contribution in [0.2, 0.25) is 0 Å². The summed E-state index contributed by atoms with van der Waals surface area (Å²) in [7, 11) is 0. The van der Waals surface area contributed by atoms with Crippen LogP contribution in [-0.4, -0.2) is 32.5 Å². The van der Waals surface area contributed by atoms with Gasteiger partial charge in [0.2, 0.25) is 11.6 Å². The SMILES string of the molecule is Cc1ccc2cccc(Nc3ncnc(N4CC5(C)CC4CC(C)(C)C5)c3[N+](=O)[O-])c2n1. The third-order valence-electron chi connectivity index (χ3n) is 6.78. The van der Waals surface area contributed by atoms with Crippen LogP contribution in [0.25, 0.3) is 10.9 Å². The minimum Gasteiger partial charge on any atom is -0.347 e. The minimum absolute atomic E-state index is 0.0777. The Bertz CT molecular complexity index is 1230. The van der Waals surface area contributed by atoms with Crippen LogP contribution in [0.15, 0.2) is 36.7 Å². The number of para-hydroxylation sites is 1. The molecule has 2 unspecified atom stereocenters. The van der Waals surface area contributed by atoms with Gasteiger partial charge < -0.3 is 10.2 Å². The van der Waals surface area contributed by atoms with Crippen molar-refractivity contribution in [3.05, 3.63) is 52.5 Å². The Balaban J connectivity index is 1.58. The van der Waals surface area contributed by atoms with Crippen molar-refractivity contribution in [3.8, 4) is 0 Å². The molecule has 2 fully saturated rings. The Morgan fingerprint density at radius 1 is 1.16 bits per heavy atom. The average molecular weight is 433 g/mol. The molecule has 1 N–H and O–H groups in total. The molecule has 1 saturated heterocycles. The largest absolute Gasteiger partial charge is 0.353 e. The molecule has 2 aliphatic rings. The molecule has 5 rings (SSSR count). The summed E-state index contributed by atoms with van der Waals surface area (Å²) in [6.07, 6.45) is 4.56. The van der Waals surface area contributed by atoms with Gasteiger partial charge in [-0.25, -0.2) is 9.97 Å². The number of anilines is 3. The average Bonchev–Trinajstić information content (AvgIpc) is 2.96. The first-order chi connectivity index (χ1) is 15.1. The Labute approximate surface area is 187 Å². The maximum absolute atomic E-state index is 12.2. The highest BCUT2D eigenvalue weighted by Gasteiger charge is 2.51. The first-order valence-electron chi connectivity index (χ1n) is 11.0. The van der Waals surface area contributed by atoms with Gasteiger partial charge in [0.25, 0.3) is 0 Å². The maximum atomic E-state index is 12.2. The molecule has 2 aromatic heterocycles. The summed E-state index contributed by atoms with van der Waals surface area (Å²) in [4.78, 5) is 27.3. The number of benzene rings is 1. The molecule has 166 valence electrons. The molecule has 8 heteroatoms. The zero-order chi connectivity index (χ0) is 22.7. The summed E-state index contributed by atoms with van der Waals surface area (Å²) in [5, 5.41) is 16.4. The topological polar surface area (TPSA) is 97.1 Å². The maximum Gasteiger partial charge on any atom is 0.353 e. The van der Waals surface area contributed by atoms with Gasteiger partial charge in [-0.2, -0.15) is 0 Å². The van der Waals surface area contributed by atoms with Crippen molar-refractivity contribution in [2.24, 2.45) is 10.8 Å². The summed E-state index contributed by atoms with van der Waals surface area (Å²) < 4.78 is 0. The third-order valence-corrected chi connectivity index (χ3v) is 6.78. The number of nitrogens with one attached hydrogen (secondary N) is 1. The van der Waals surface area contributed by atoms with Crippen LogP contribution < -0.4 is 10.2 Å². The fourth-order valence-corrected chi connectivity index (χ4v) is 6.02. The molecule has 1 aliphatic carbocycles. The van der Waals surface area contributed by atoms with Crippen molar-refractivity contribution in [2.75, 3.05) is 16.8 Å². The number of hydrogen-bond acceptors (Lipinski definition) is 7. The zero-order valence-corrected chi connectivity index (χ0v) is 18.9. The van der Waals surface area contributed by atoms with Crippen LogP contribution in [0.1, 0.15) is 45.7 Å². The van der Waals surface area contributed by atoms with E-state index in [1.807, 2.05) is 37.3 Å². The van der Waals surface area contributed by atoms with E-state index < -0.39 is 0 Å². The van der Waals surface area contributed by atoms with Crippen molar-refractivity contribution in [1.82, 2.24) is 15.0 Å². The van der Waals surface area contributed by atoms with Crippen molar-refractivity contribution in [3.63, 3.8) is 0 Å². The molecule has 0 radical (unpaired) electrons. The van der Waals surface area contributed by atoms with E-state index in [-0.39, 0.29) is 33.3 Å². The summed E-state index contributed by atoms with van der Waals surface area (Å²) in [5.74, 6) is 0.602. The molecule has 1 aromatic carbocycles. The molecule has 1 saturated carbocycles. The first kappa shape index (κ1) is 20.6. The van der Waals surface area contributed by atoms with E-state index in [1.165, 1.54) is 6.33 Å². The Hall–Kier alpha value is -3.29. The lowest BCUT2D eigenvalue weighted by atomic mass is 9.65. The molecule has 1 aliphatic heterocycles. The van der Waals surface area contributed by atoms with Gasteiger partial charge in [-0.05, 0) is 49.1 Å². The number of hydrogen-bond donors (Lipinski definition) is 1. The van der Waals surface area contributed by atoms with Crippen molar-refractivity contribution < 1.29 is 4.92 Å². The molecule has 3 aromatic rings. The normalized spacial score (nSPS) is 24.0. The molecule has 2 bridgehead atoms. The molecular weight excluding hydrogens is 404 g/mol.